The van der Waals surface area contributed by atoms with E-state index in [9.17, 15) is 14.4 Å². The van der Waals surface area contributed by atoms with E-state index in [0.29, 0.717) is 12.7 Å². The van der Waals surface area contributed by atoms with Crippen molar-refractivity contribution in [2.75, 3.05) is 13.2 Å². The summed E-state index contributed by atoms with van der Waals surface area (Å²) in [6.45, 7) is 5.35. The number of ether oxygens (including phenoxy) is 2. The van der Waals surface area contributed by atoms with Crippen LogP contribution in [0.5, 0.6) is 0 Å². The molecule has 1 aromatic carbocycles. The second-order valence-corrected chi connectivity index (χ2v) is 5.23. The lowest BCUT2D eigenvalue weighted by Gasteiger charge is -2.33. The number of rotatable bonds is 9. The van der Waals surface area contributed by atoms with Gasteiger partial charge in [0, 0.05) is 5.92 Å². The van der Waals surface area contributed by atoms with E-state index in [1.807, 2.05) is 30.3 Å². The summed E-state index contributed by atoms with van der Waals surface area (Å²) in [6.07, 6.45) is 1.06. The average Bonchev–Trinajstić information content (AvgIpc) is 2.56. The van der Waals surface area contributed by atoms with Crippen LogP contribution in [0.2, 0.25) is 0 Å². The Hall–Kier alpha value is -2.17. The van der Waals surface area contributed by atoms with Crippen LogP contribution >= 0.6 is 0 Å². The summed E-state index contributed by atoms with van der Waals surface area (Å²) in [5.74, 6) is -2.22. The van der Waals surface area contributed by atoms with Crippen LogP contribution in [0, 0.1) is 11.3 Å². The molecule has 0 saturated heterocycles. The van der Waals surface area contributed by atoms with E-state index < -0.39 is 23.3 Å². The summed E-state index contributed by atoms with van der Waals surface area (Å²) in [6, 6.07) is 9.10. The maximum atomic E-state index is 12.7. The van der Waals surface area contributed by atoms with Crippen molar-refractivity contribution in [3.05, 3.63) is 35.9 Å². The molecule has 1 aromatic rings. The summed E-state index contributed by atoms with van der Waals surface area (Å²) in [7, 11) is 0. The molecule has 0 aliphatic rings. The van der Waals surface area contributed by atoms with Crippen molar-refractivity contribution in [3.8, 4) is 0 Å². The molecule has 0 spiro atoms. The van der Waals surface area contributed by atoms with Gasteiger partial charge in [-0.15, -0.1) is 0 Å². The number of carbonyl (C=O) groups is 3. The highest BCUT2D eigenvalue weighted by molar-refractivity contribution is 6.03. The van der Waals surface area contributed by atoms with Gasteiger partial charge in [-0.1, -0.05) is 37.3 Å². The lowest BCUT2D eigenvalue weighted by molar-refractivity contribution is -0.177. The molecule has 5 nitrogen and oxygen atoms in total. The molecule has 0 saturated carbocycles. The molecular weight excluding hydrogens is 296 g/mol. The Bertz CT molecular complexity index is 505. The van der Waals surface area contributed by atoms with Gasteiger partial charge < -0.3 is 14.3 Å². The summed E-state index contributed by atoms with van der Waals surface area (Å²) in [5, 5.41) is 0. The fourth-order valence-corrected chi connectivity index (χ4v) is 2.66. The second kappa shape index (κ2) is 9.08. The van der Waals surface area contributed by atoms with Crippen LogP contribution in [0.25, 0.3) is 0 Å². The predicted octanol–water partition coefficient (Wildman–Crippen LogP) is 2.57. The zero-order valence-corrected chi connectivity index (χ0v) is 13.9. The molecule has 0 aliphatic carbocycles. The molecule has 23 heavy (non-hydrogen) atoms. The molecule has 0 unspecified atom stereocenters. The van der Waals surface area contributed by atoms with Crippen LogP contribution in [0.3, 0.4) is 0 Å². The van der Waals surface area contributed by atoms with Gasteiger partial charge >= 0.3 is 11.9 Å². The third-order valence-corrected chi connectivity index (χ3v) is 3.84. The van der Waals surface area contributed by atoms with Gasteiger partial charge in [-0.3, -0.25) is 9.59 Å². The maximum Gasteiger partial charge on any atom is 0.324 e. The molecule has 1 rings (SSSR count). The van der Waals surface area contributed by atoms with Crippen molar-refractivity contribution in [2.45, 2.75) is 33.6 Å². The molecule has 5 heteroatoms. The third-order valence-electron chi connectivity index (χ3n) is 3.84. The Labute approximate surface area is 137 Å². The maximum absolute atomic E-state index is 12.7. The van der Waals surface area contributed by atoms with E-state index >= 15 is 0 Å². The van der Waals surface area contributed by atoms with Gasteiger partial charge in [-0.25, -0.2) is 0 Å². The Balaban J connectivity index is 3.40. The van der Waals surface area contributed by atoms with Gasteiger partial charge in [0.05, 0.1) is 13.2 Å². The SMILES string of the molecule is CCOC(=O)C(Cc1ccccc1)(C(=O)OCC)[C@@H](C=O)CC. The molecule has 0 aliphatic heterocycles. The number of esters is 2. The fourth-order valence-electron chi connectivity index (χ4n) is 2.66. The Morgan fingerprint density at radius 1 is 1.04 bits per heavy atom. The minimum Gasteiger partial charge on any atom is -0.465 e. The molecule has 0 bridgehead atoms. The largest absolute Gasteiger partial charge is 0.465 e. The van der Waals surface area contributed by atoms with Gasteiger partial charge in [0.2, 0.25) is 0 Å². The Morgan fingerprint density at radius 2 is 1.57 bits per heavy atom. The first kappa shape index (κ1) is 18.9. The topological polar surface area (TPSA) is 69.7 Å². The molecule has 0 amide bonds. The molecule has 0 heterocycles. The normalized spacial score (nSPS) is 12.3. The summed E-state index contributed by atoms with van der Waals surface area (Å²) >= 11 is 0. The first-order valence-corrected chi connectivity index (χ1v) is 7.90. The number of hydrogen-bond donors (Lipinski definition) is 0. The Morgan fingerprint density at radius 3 is 1.96 bits per heavy atom. The van der Waals surface area contributed by atoms with Crippen molar-refractivity contribution in [1.82, 2.24) is 0 Å². The number of hydrogen-bond acceptors (Lipinski definition) is 5. The monoisotopic (exact) mass is 320 g/mol. The van der Waals surface area contributed by atoms with Crippen LogP contribution in [0.1, 0.15) is 32.8 Å². The Kier molecular flexibility index (Phi) is 7.45. The van der Waals surface area contributed by atoms with Gasteiger partial charge in [0.15, 0.2) is 5.41 Å². The summed E-state index contributed by atoms with van der Waals surface area (Å²) in [5.41, 5.74) is -0.877. The van der Waals surface area contributed by atoms with Crippen molar-refractivity contribution in [2.24, 2.45) is 11.3 Å². The van der Waals surface area contributed by atoms with Crippen molar-refractivity contribution in [1.29, 1.82) is 0 Å². The van der Waals surface area contributed by atoms with E-state index in [1.54, 1.807) is 20.8 Å². The van der Waals surface area contributed by atoms with Crippen LogP contribution in [0.4, 0.5) is 0 Å². The van der Waals surface area contributed by atoms with E-state index in [0.717, 1.165) is 5.56 Å². The highest BCUT2D eigenvalue weighted by Crippen LogP contribution is 2.36. The van der Waals surface area contributed by atoms with Crippen molar-refractivity contribution < 1.29 is 23.9 Å². The molecule has 0 radical (unpaired) electrons. The van der Waals surface area contributed by atoms with E-state index in [-0.39, 0.29) is 19.6 Å². The lowest BCUT2D eigenvalue weighted by atomic mass is 9.70. The minimum atomic E-state index is -1.65. The minimum absolute atomic E-state index is 0.0722. The quantitative estimate of drug-likeness (QED) is 0.397. The van der Waals surface area contributed by atoms with Gasteiger partial charge in [-0.2, -0.15) is 0 Å². The smallest absolute Gasteiger partial charge is 0.324 e. The number of aldehydes is 1. The molecule has 0 fully saturated rings. The summed E-state index contributed by atoms with van der Waals surface area (Å²) < 4.78 is 10.3. The molecule has 126 valence electrons. The second-order valence-electron chi connectivity index (χ2n) is 5.23. The summed E-state index contributed by atoms with van der Waals surface area (Å²) in [4.78, 5) is 36.9. The van der Waals surface area contributed by atoms with Crippen LogP contribution in [-0.2, 0) is 30.3 Å². The molecular formula is C18H24O5. The van der Waals surface area contributed by atoms with E-state index in [1.165, 1.54) is 0 Å². The van der Waals surface area contributed by atoms with Crippen LogP contribution < -0.4 is 0 Å². The van der Waals surface area contributed by atoms with Gasteiger partial charge in [0.1, 0.15) is 6.29 Å². The first-order chi connectivity index (χ1) is 11.1. The lowest BCUT2D eigenvalue weighted by Crippen LogP contribution is -2.50. The van der Waals surface area contributed by atoms with E-state index in [4.69, 9.17) is 9.47 Å². The molecule has 1 atom stereocenters. The van der Waals surface area contributed by atoms with Gasteiger partial charge in [-0.05, 0) is 32.3 Å². The molecule has 0 aromatic heterocycles. The highest BCUT2D eigenvalue weighted by atomic mass is 16.6. The number of benzene rings is 1. The van der Waals surface area contributed by atoms with Gasteiger partial charge in [0.25, 0.3) is 0 Å². The van der Waals surface area contributed by atoms with Crippen molar-refractivity contribution >= 4 is 18.2 Å². The predicted molar refractivity (Wildman–Crippen MR) is 85.7 cm³/mol. The van der Waals surface area contributed by atoms with Crippen LogP contribution in [0.15, 0.2) is 30.3 Å². The fraction of sp³-hybridized carbons (Fsp3) is 0.500. The molecule has 0 N–H and O–H groups in total. The highest BCUT2D eigenvalue weighted by Gasteiger charge is 2.54. The van der Waals surface area contributed by atoms with Crippen LogP contribution in [-0.4, -0.2) is 31.4 Å². The third kappa shape index (κ3) is 4.18. The van der Waals surface area contributed by atoms with E-state index in [2.05, 4.69) is 0 Å². The standard InChI is InChI=1S/C18H24O5/c1-4-15(13-19)18(16(20)22-5-2,17(21)23-6-3)12-14-10-8-7-9-11-14/h7-11,13,15H,4-6,12H2,1-3H3/t15-/m1/s1. The van der Waals surface area contributed by atoms with Crippen molar-refractivity contribution in [3.63, 3.8) is 0 Å². The first-order valence-electron chi connectivity index (χ1n) is 7.90. The zero-order valence-electron chi connectivity index (χ0n) is 13.9. The number of carbonyl (C=O) groups excluding carboxylic acids is 3. The average molecular weight is 320 g/mol. The zero-order chi connectivity index (χ0) is 17.3.